The second kappa shape index (κ2) is 13.0. The Balaban J connectivity index is 1.65. The van der Waals surface area contributed by atoms with Crippen LogP contribution in [0.1, 0.15) is 44.6 Å². The van der Waals surface area contributed by atoms with Crippen LogP contribution in [0.3, 0.4) is 0 Å². The number of carbonyl (C=O) groups excluding carboxylic acids is 2. The highest BCUT2D eigenvalue weighted by atomic mass is 32.2. The van der Waals surface area contributed by atoms with Crippen LogP contribution < -0.4 is 9.62 Å². The predicted molar refractivity (Wildman–Crippen MR) is 149 cm³/mol. The SMILES string of the molecule is C[C@H](C(=O)NC1CCCCC1)N(Cc1ccc(F)cc1)C(=O)CN(c1ccc(F)cc1)S(=O)(=O)c1ccccc1. The molecule has 1 atom stereocenters. The molecule has 1 N–H and O–H groups in total. The molecular weight excluding hydrogens is 536 g/mol. The lowest BCUT2D eigenvalue weighted by atomic mass is 9.95. The Labute approximate surface area is 233 Å². The monoisotopic (exact) mass is 569 g/mol. The molecule has 1 saturated carbocycles. The summed E-state index contributed by atoms with van der Waals surface area (Å²) in [6.45, 7) is 0.916. The Morgan fingerprint density at radius 3 is 2.05 bits per heavy atom. The molecule has 2 amide bonds. The van der Waals surface area contributed by atoms with Crippen molar-refractivity contribution < 1.29 is 26.8 Å². The fourth-order valence-corrected chi connectivity index (χ4v) is 6.23. The minimum Gasteiger partial charge on any atom is -0.352 e. The van der Waals surface area contributed by atoms with E-state index in [1.54, 1.807) is 25.1 Å². The van der Waals surface area contributed by atoms with E-state index >= 15 is 0 Å². The number of nitrogens with one attached hydrogen (secondary N) is 1. The summed E-state index contributed by atoms with van der Waals surface area (Å²) in [6, 6.07) is 17.0. The molecule has 0 saturated heterocycles. The molecule has 0 unspecified atom stereocenters. The third-order valence-corrected chi connectivity index (χ3v) is 8.90. The number of amides is 2. The maximum absolute atomic E-state index is 13.9. The molecule has 40 heavy (non-hydrogen) atoms. The number of anilines is 1. The second-order valence-electron chi connectivity index (χ2n) is 9.97. The van der Waals surface area contributed by atoms with E-state index in [-0.39, 0.29) is 29.1 Å². The van der Waals surface area contributed by atoms with Crippen molar-refractivity contribution in [2.45, 2.75) is 62.6 Å². The van der Waals surface area contributed by atoms with Gasteiger partial charge in [-0.3, -0.25) is 13.9 Å². The lowest BCUT2D eigenvalue weighted by molar-refractivity contribution is -0.139. The number of hydrogen-bond acceptors (Lipinski definition) is 4. The van der Waals surface area contributed by atoms with Crippen LogP contribution in [0.25, 0.3) is 0 Å². The number of halogens is 2. The lowest BCUT2D eigenvalue weighted by Gasteiger charge is -2.33. The van der Waals surface area contributed by atoms with E-state index < -0.39 is 40.2 Å². The molecule has 0 radical (unpaired) electrons. The van der Waals surface area contributed by atoms with E-state index in [0.29, 0.717) is 5.56 Å². The van der Waals surface area contributed by atoms with Crippen LogP contribution in [-0.4, -0.2) is 43.8 Å². The van der Waals surface area contributed by atoms with Crippen molar-refractivity contribution in [2.24, 2.45) is 0 Å². The van der Waals surface area contributed by atoms with Gasteiger partial charge in [0.05, 0.1) is 10.6 Å². The van der Waals surface area contributed by atoms with E-state index in [1.165, 1.54) is 53.4 Å². The highest BCUT2D eigenvalue weighted by Crippen LogP contribution is 2.25. The van der Waals surface area contributed by atoms with Crippen molar-refractivity contribution >= 4 is 27.5 Å². The molecule has 1 aliphatic carbocycles. The zero-order chi connectivity index (χ0) is 28.7. The molecule has 4 rings (SSSR count). The molecule has 0 aliphatic heterocycles. The van der Waals surface area contributed by atoms with Gasteiger partial charge in [-0.05, 0) is 73.9 Å². The van der Waals surface area contributed by atoms with Crippen LogP contribution in [0.5, 0.6) is 0 Å². The van der Waals surface area contributed by atoms with Gasteiger partial charge in [0.1, 0.15) is 24.2 Å². The smallest absolute Gasteiger partial charge is 0.264 e. The van der Waals surface area contributed by atoms with Crippen molar-refractivity contribution in [1.29, 1.82) is 0 Å². The van der Waals surface area contributed by atoms with Crippen molar-refractivity contribution in [3.8, 4) is 0 Å². The molecule has 212 valence electrons. The minimum atomic E-state index is -4.23. The number of rotatable bonds is 10. The standard InChI is InChI=1S/C30H33F2N3O4S/c1-22(30(37)33-26-8-4-2-5-9-26)34(20-23-12-14-24(31)15-13-23)29(36)21-35(27-18-16-25(32)17-19-27)40(38,39)28-10-6-3-7-11-28/h3,6-7,10-19,22,26H,2,4-5,8-9,20-21H2,1H3,(H,33,37)/t22-/m1/s1. The molecule has 1 fully saturated rings. The highest BCUT2D eigenvalue weighted by Gasteiger charge is 2.33. The van der Waals surface area contributed by atoms with Gasteiger partial charge in [-0.25, -0.2) is 17.2 Å². The van der Waals surface area contributed by atoms with Gasteiger partial charge < -0.3 is 10.2 Å². The van der Waals surface area contributed by atoms with Crippen LogP contribution in [0.4, 0.5) is 14.5 Å². The Hall–Kier alpha value is -3.79. The van der Waals surface area contributed by atoms with Crippen molar-refractivity contribution in [2.75, 3.05) is 10.8 Å². The first-order valence-corrected chi connectivity index (χ1v) is 14.8. The van der Waals surface area contributed by atoms with Crippen molar-refractivity contribution in [3.63, 3.8) is 0 Å². The van der Waals surface area contributed by atoms with E-state index in [1.807, 2.05) is 0 Å². The normalized spacial score (nSPS) is 14.8. The largest absolute Gasteiger partial charge is 0.352 e. The molecular formula is C30H33F2N3O4S. The van der Waals surface area contributed by atoms with Crippen LogP contribution in [0, 0.1) is 11.6 Å². The molecule has 0 spiro atoms. The average molecular weight is 570 g/mol. The van der Waals surface area contributed by atoms with Crippen LogP contribution in [-0.2, 0) is 26.2 Å². The summed E-state index contributed by atoms with van der Waals surface area (Å²) in [7, 11) is -4.23. The number of benzene rings is 3. The summed E-state index contributed by atoms with van der Waals surface area (Å²) in [6.07, 6.45) is 4.87. The molecule has 3 aromatic rings. The van der Waals surface area contributed by atoms with Crippen molar-refractivity contribution in [3.05, 3.63) is 96.1 Å². The first kappa shape index (κ1) is 29.2. The molecule has 7 nitrogen and oxygen atoms in total. The van der Waals surface area contributed by atoms with Gasteiger partial charge in [0.15, 0.2) is 0 Å². The zero-order valence-corrected chi connectivity index (χ0v) is 23.1. The molecule has 0 heterocycles. The molecule has 0 aromatic heterocycles. The first-order chi connectivity index (χ1) is 19.1. The summed E-state index contributed by atoms with van der Waals surface area (Å²) >= 11 is 0. The third kappa shape index (κ3) is 7.24. The summed E-state index contributed by atoms with van der Waals surface area (Å²) < 4.78 is 55.5. The number of nitrogens with zero attached hydrogens (tertiary/aromatic N) is 2. The van der Waals surface area contributed by atoms with Crippen molar-refractivity contribution in [1.82, 2.24) is 10.2 Å². The zero-order valence-electron chi connectivity index (χ0n) is 22.3. The fourth-order valence-electron chi connectivity index (χ4n) is 4.79. The Kier molecular flexibility index (Phi) is 9.52. The average Bonchev–Trinajstić information content (AvgIpc) is 2.96. The van der Waals surface area contributed by atoms with Crippen LogP contribution >= 0.6 is 0 Å². The van der Waals surface area contributed by atoms with E-state index in [9.17, 15) is 26.8 Å². The topological polar surface area (TPSA) is 86.8 Å². The second-order valence-corrected chi connectivity index (χ2v) is 11.8. The predicted octanol–water partition coefficient (Wildman–Crippen LogP) is 5.03. The maximum Gasteiger partial charge on any atom is 0.264 e. The maximum atomic E-state index is 13.9. The van der Waals surface area contributed by atoms with E-state index in [2.05, 4.69) is 5.32 Å². The van der Waals surface area contributed by atoms with Gasteiger partial charge in [0, 0.05) is 12.6 Å². The van der Waals surface area contributed by atoms with Gasteiger partial charge in [-0.2, -0.15) is 0 Å². The number of sulfonamides is 1. The van der Waals surface area contributed by atoms with Gasteiger partial charge in [-0.1, -0.05) is 49.6 Å². The van der Waals surface area contributed by atoms with E-state index in [4.69, 9.17) is 0 Å². The van der Waals surface area contributed by atoms with Gasteiger partial charge >= 0.3 is 0 Å². The van der Waals surface area contributed by atoms with Gasteiger partial charge in [0.2, 0.25) is 11.8 Å². The Morgan fingerprint density at radius 1 is 0.875 bits per heavy atom. The first-order valence-electron chi connectivity index (χ1n) is 13.3. The molecule has 10 heteroatoms. The van der Waals surface area contributed by atoms with E-state index in [0.717, 1.165) is 48.5 Å². The summed E-state index contributed by atoms with van der Waals surface area (Å²) in [5.41, 5.74) is 0.672. The third-order valence-electron chi connectivity index (χ3n) is 7.11. The summed E-state index contributed by atoms with van der Waals surface area (Å²) in [5, 5.41) is 3.03. The van der Waals surface area contributed by atoms with Crippen LogP contribution in [0.2, 0.25) is 0 Å². The Bertz CT molecular complexity index is 1400. The Morgan fingerprint density at radius 2 is 1.45 bits per heavy atom. The molecule has 3 aromatic carbocycles. The van der Waals surface area contributed by atoms with Gasteiger partial charge in [0.25, 0.3) is 10.0 Å². The minimum absolute atomic E-state index is 0.0145. The highest BCUT2D eigenvalue weighted by molar-refractivity contribution is 7.92. The summed E-state index contributed by atoms with van der Waals surface area (Å²) in [4.78, 5) is 28.4. The number of carbonyl (C=O) groups is 2. The lowest BCUT2D eigenvalue weighted by Crippen LogP contribution is -2.53. The fraction of sp³-hybridized carbons (Fsp3) is 0.333. The van der Waals surface area contributed by atoms with Crippen LogP contribution in [0.15, 0.2) is 83.8 Å². The van der Waals surface area contributed by atoms with Gasteiger partial charge in [-0.15, -0.1) is 0 Å². The number of hydrogen-bond donors (Lipinski definition) is 1. The quantitative estimate of drug-likeness (QED) is 0.371. The summed E-state index contributed by atoms with van der Waals surface area (Å²) in [5.74, 6) is -1.99. The molecule has 0 bridgehead atoms. The molecule has 1 aliphatic rings.